The molecule has 0 aliphatic carbocycles. The third-order valence-electron chi connectivity index (χ3n) is 4.55. The maximum absolute atomic E-state index is 5.30. The van der Waals surface area contributed by atoms with Gasteiger partial charge in [-0.05, 0) is 62.6 Å². The predicted octanol–water partition coefficient (Wildman–Crippen LogP) is 4.15. The van der Waals surface area contributed by atoms with Crippen molar-refractivity contribution in [3.63, 3.8) is 0 Å². The average molecular weight is 398 g/mol. The standard InChI is InChI=1S/C22H27N3O2S/c1-23-13-14-25(2)15-20-21(16-5-9-18(26-3)10-6-16)24-22(28-20)17-7-11-19(27-4)12-8-17/h5-12,23H,13-15H2,1-4H3. The van der Waals surface area contributed by atoms with Gasteiger partial charge in [0.2, 0.25) is 0 Å². The molecule has 0 fully saturated rings. The topological polar surface area (TPSA) is 46.6 Å². The molecule has 0 amide bonds. The van der Waals surface area contributed by atoms with Gasteiger partial charge in [0.15, 0.2) is 0 Å². The normalized spacial score (nSPS) is 11.0. The van der Waals surface area contributed by atoms with Crippen molar-refractivity contribution in [3.8, 4) is 33.3 Å². The van der Waals surface area contributed by atoms with Crippen LogP contribution < -0.4 is 14.8 Å². The zero-order chi connectivity index (χ0) is 19.9. The lowest BCUT2D eigenvalue weighted by atomic mass is 10.1. The lowest BCUT2D eigenvalue weighted by Crippen LogP contribution is -2.26. The van der Waals surface area contributed by atoms with Crippen LogP contribution in [0.1, 0.15) is 4.88 Å². The molecule has 1 heterocycles. The molecule has 0 spiro atoms. The number of thiazole rings is 1. The highest BCUT2D eigenvalue weighted by Gasteiger charge is 2.16. The van der Waals surface area contributed by atoms with E-state index in [2.05, 4.69) is 41.5 Å². The van der Waals surface area contributed by atoms with Crippen molar-refractivity contribution in [1.29, 1.82) is 0 Å². The molecular formula is C22H27N3O2S. The van der Waals surface area contributed by atoms with Crippen LogP contribution in [0.2, 0.25) is 0 Å². The number of likely N-dealkylation sites (N-methyl/N-ethyl adjacent to an activating group) is 2. The van der Waals surface area contributed by atoms with Crippen LogP contribution in [0, 0.1) is 0 Å². The molecule has 0 bridgehead atoms. The second-order valence-corrected chi connectivity index (χ2v) is 7.67. The van der Waals surface area contributed by atoms with Gasteiger partial charge in [-0.3, -0.25) is 4.90 Å². The fourth-order valence-corrected chi connectivity index (χ4v) is 4.09. The van der Waals surface area contributed by atoms with Crippen molar-refractivity contribution in [1.82, 2.24) is 15.2 Å². The lowest BCUT2D eigenvalue weighted by molar-refractivity contribution is 0.331. The van der Waals surface area contributed by atoms with Gasteiger partial charge in [0.1, 0.15) is 16.5 Å². The Labute approximate surface area is 170 Å². The Hall–Kier alpha value is -2.41. The number of aromatic nitrogens is 1. The largest absolute Gasteiger partial charge is 0.497 e. The van der Waals surface area contributed by atoms with E-state index in [0.717, 1.165) is 53.0 Å². The molecule has 0 aliphatic heterocycles. The van der Waals surface area contributed by atoms with Gasteiger partial charge in [-0.15, -0.1) is 11.3 Å². The molecule has 0 atom stereocenters. The predicted molar refractivity (Wildman–Crippen MR) is 116 cm³/mol. The van der Waals surface area contributed by atoms with Crippen LogP contribution in [0.5, 0.6) is 11.5 Å². The number of ether oxygens (including phenoxy) is 2. The van der Waals surface area contributed by atoms with Crippen LogP contribution in [0.4, 0.5) is 0 Å². The zero-order valence-corrected chi connectivity index (χ0v) is 17.7. The summed E-state index contributed by atoms with van der Waals surface area (Å²) in [5, 5.41) is 4.22. The van der Waals surface area contributed by atoms with E-state index in [9.17, 15) is 0 Å². The molecule has 1 aromatic heterocycles. The van der Waals surface area contributed by atoms with Gasteiger partial charge in [-0.1, -0.05) is 0 Å². The Morgan fingerprint density at radius 3 is 2.04 bits per heavy atom. The molecule has 2 aromatic carbocycles. The van der Waals surface area contributed by atoms with Gasteiger partial charge in [0.25, 0.3) is 0 Å². The minimum Gasteiger partial charge on any atom is -0.497 e. The van der Waals surface area contributed by atoms with Gasteiger partial charge in [-0.25, -0.2) is 4.98 Å². The van der Waals surface area contributed by atoms with Crippen LogP contribution in [-0.4, -0.2) is 51.3 Å². The van der Waals surface area contributed by atoms with Gasteiger partial charge in [0.05, 0.1) is 19.9 Å². The Morgan fingerprint density at radius 1 is 0.929 bits per heavy atom. The number of benzene rings is 2. The number of hydrogen-bond acceptors (Lipinski definition) is 6. The van der Waals surface area contributed by atoms with Gasteiger partial charge >= 0.3 is 0 Å². The fraction of sp³-hybridized carbons (Fsp3) is 0.318. The number of rotatable bonds is 9. The third-order valence-corrected chi connectivity index (χ3v) is 5.64. The molecule has 6 heteroatoms. The number of nitrogens with zero attached hydrogens (tertiary/aromatic N) is 2. The van der Waals surface area contributed by atoms with Crippen molar-refractivity contribution in [3.05, 3.63) is 53.4 Å². The molecule has 3 aromatic rings. The van der Waals surface area contributed by atoms with Crippen molar-refractivity contribution in [2.45, 2.75) is 6.54 Å². The molecule has 0 saturated heterocycles. The summed E-state index contributed by atoms with van der Waals surface area (Å²) in [6, 6.07) is 16.2. The Morgan fingerprint density at radius 2 is 1.50 bits per heavy atom. The van der Waals surface area contributed by atoms with Crippen LogP contribution in [0.15, 0.2) is 48.5 Å². The summed E-state index contributed by atoms with van der Waals surface area (Å²) in [5.41, 5.74) is 3.24. The highest BCUT2D eigenvalue weighted by Crippen LogP contribution is 2.35. The van der Waals surface area contributed by atoms with Crippen LogP contribution in [0.25, 0.3) is 21.8 Å². The molecule has 28 heavy (non-hydrogen) atoms. The molecule has 5 nitrogen and oxygen atoms in total. The van der Waals surface area contributed by atoms with E-state index in [1.54, 1.807) is 25.6 Å². The van der Waals surface area contributed by atoms with E-state index in [4.69, 9.17) is 14.5 Å². The third kappa shape index (κ3) is 4.90. The second-order valence-electron chi connectivity index (χ2n) is 6.59. The van der Waals surface area contributed by atoms with Gasteiger partial charge < -0.3 is 14.8 Å². The summed E-state index contributed by atoms with van der Waals surface area (Å²) >= 11 is 1.75. The minimum atomic E-state index is 0.849. The van der Waals surface area contributed by atoms with Crippen LogP contribution in [-0.2, 0) is 6.54 Å². The van der Waals surface area contributed by atoms with E-state index >= 15 is 0 Å². The highest BCUT2D eigenvalue weighted by atomic mass is 32.1. The van der Waals surface area contributed by atoms with Crippen molar-refractivity contribution in [2.24, 2.45) is 0 Å². The van der Waals surface area contributed by atoms with Crippen LogP contribution >= 0.6 is 11.3 Å². The molecule has 0 unspecified atom stereocenters. The second kappa shape index (κ2) is 9.68. The molecule has 148 valence electrons. The van der Waals surface area contributed by atoms with Crippen molar-refractivity contribution >= 4 is 11.3 Å². The summed E-state index contributed by atoms with van der Waals surface area (Å²) in [6.45, 7) is 2.80. The summed E-state index contributed by atoms with van der Waals surface area (Å²) in [6.07, 6.45) is 0. The first-order valence-electron chi connectivity index (χ1n) is 9.26. The van der Waals surface area contributed by atoms with Crippen LogP contribution in [0.3, 0.4) is 0 Å². The van der Waals surface area contributed by atoms with E-state index in [-0.39, 0.29) is 0 Å². The molecule has 3 rings (SSSR count). The SMILES string of the molecule is CNCCN(C)Cc1sc(-c2ccc(OC)cc2)nc1-c1ccc(OC)cc1. The molecule has 1 N–H and O–H groups in total. The van der Waals surface area contributed by atoms with Gasteiger partial charge in [0, 0.05) is 35.6 Å². The fourth-order valence-electron chi connectivity index (χ4n) is 2.92. The Kier molecular flexibility index (Phi) is 7.03. The summed E-state index contributed by atoms with van der Waals surface area (Å²) in [5.74, 6) is 1.70. The van der Waals surface area contributed by atoms with E-state index in [0.29, 0.717) is 0 Å². The molecule has 0 aliphatic rings. The number of hydrogen-bond donors (Lipinski definition) is 1. The summed E-state index contributed by atoms with van der Waals surface area (Å²) < 4.78 is 10.6. The lowest BCUT2D eigenvalue weighted by Gasteiger charge is -2.16. The zero-order valence-electron chi connectivity index (χ0n) is 16.9. The smallest absolute Gasteiger partial charge is 0.124 e. The molecular weight excluding hydrogens is 370 g/mol. The first kappa shape index (κ1) is 20.3. The Balaban J connectivity index is 1.95. The first-order chi connectivity index (χ1) is 13.6. The minimum absolute atomic E-state index is 0.849. The Bertz CT molecular complexity index is 876. The summed E-state index contributed by atoms with van der Waals surface area (Å²) in [7, 11) is 7.48. The first-order valence-corrected chi connectivity index (χ1v) is 10.1. The maximum atomic E-state index is 5.30. The number of nitrogens with one attached hydrogen (secondary N) is 1. The van der Waals surface area contributed by atoms with E-state index < -0.39 is 0 Å². The summed E-state index contributed by atoms with van der Waals surface area (Å²) in [4.78, 5) is 8.56. The number of methoxy groups -OCH3 is 2. The molecule has 0 radical (unpaired) electrons. The quantitative estimate of drug-likeness (QED) is 0.588. The monoisotopic (exact) mass is 397 g/mol. The molecule has 0 saturated carbocycles. The van der Waals surface area contributed by atoms with E-state index in [1.807, 2.05) is 31.3 Å². The van der Waals surface area contributed by atoms with Gasteiger partial charge in [-0.2, -0.15) is 0 Å². The maximum Gasteiger partial charge on any atom is 0.124 e. The average Bonchev–Trinajstić information content (AvgIpc) is 3.16. The highest BCUT2D eigenvalue weighted by molar-refractivity contribution is 7.15. The van der Waals surface area contributed by atoms with Crippen molar-refractivity contribution in [2.75, 3.05) is 41.4 Å². The van der Waals surface area contributed by atoms with Crippen molar-refractivity contribution < 1.29 is 9.47 Å². The van der Waals surface area contributed by atoms with E-state index in [1.165, 1.54) is 4.88 Å².